The molecule has 0 aliphatic heterocycles. The molecule has 1 heterocycles. The highest BCUT2D eigenvalue weighted by atomic mass is 16.5. The van der Waals surface area contributed by atoms with Crippen molar-refractivity contribution in [3.8, 4) is 5.75 Å². The Morgan fingerprint density at radius 1 is 0.938 bits per heavy atom. The molecule has 1 amide bonds. The molecule has 164 valence electrons. The third-order valence-electron chi connectivity index (χ3n) is 5.89. The Bertz CT molecular complexity index is 1150. The SMILES string of the molecule is COc1ccc([C@H](CNC(=O)CN[C@@H](C)c2ccccc2)c2c[nH]c3ccccc23)cc1. The predicted molar refractivity (Wildman–Crippen MR) is 129 cm³/mol. The summed E-state index contributed by atoms with van der Waals surface area (Å²) in [6.07, 6.45) is 2.04. The number of benzene rings is 3. The maximum Gasteiger partial charge on any atom is 0.234 e. The first-order valence-corrected chi connectivity index (χ1v) is 10.9. The van der Waals surface area contributed by atoms with Gasteiger partial charge in [0.25, 0.3) is 0 Å². The summed E-state index contributed by atoms with van der Waals surface area (Å²) in [5, 5.41) is 7.60. The predicted octanol–water partition coefficient (Wildman–Crippen LogP) is 4.78. The number of para-hydroxylation sites is 1. The van der Waals surface area contributed by atoms with E-state index in [0.29, 0.717) is 6.54 Å². The first-order chi connectivity index (χ1) is 15.7. The van der Waals surface area contributed by atoms with E-state index in [9.17, 15) is 4.79 Å². The maximum atomic E-state index is 12.6. The van der Waals surface area contributed by atoms with E-state index in [2.05, 4.69) is 58.9 Å². The number of aromatic nitrogens is 1. The van der Waals surface area contributed by atoms with Gasteiger partial charge in [-0.05, 0) is 41.8 Å². The van der Waals surface area contributed by atoms with E-state index in [1.165, 1.54) is 5.39 Å². The van der Waals surface area contributed by atoms with Gasteiger partial charge in [0.05, 0.1) is 13.7 Å². The van der Waals surface area contributed by atoms with Gasteiger partial charge < -0.3 is 20.4 Å². The van der Waals surface area contributed by atoms with Crippen molar-refractivity contribution in [1.29, 1.82) is 0 Å². The number of hydrogen-bond acceptors (Lipinski definition) is 3. The smallest absolute Gasteiger partial charge is 0.234 e. The number of H-pyrrole nitrogens is 1. The number of carbonyl (C=O) groups is 1. The molecule has 0 aliphatic carbocycles. The van der Waals surface area contributed by atoms with Gasteiger partial charge >= 0.3 is 0 Å². The zero-order valence-electron chi connectivity index (χ0n) is 18.5. The molecule has 0 bridgehead atoms. The summed E-state index contributed by atoms with van der Waals surface area (Å²) in [5.41, 5.74) is 4.54. The van der Waals surface area contributed by atoms with Crippen LogP contribution in [-0.4, -0.2) is 31.1 Å². The highest BCUT2D eigenvalue weighted by Crippen LogP contribution is 2.31. The van der Waals surface area contributed by atoms with Crippen molar-refractivity contribution in [3.05, 3.63) is 102 Å². The molecule has 5 nitrogen and oxygen atoms in total. The number of amides is 1. The normalized spacial score (nSPS) is 12.9. The van der Waals surface area contributed by atoms with E-state index in [0.717, 1.165) is 28.0 Å². The van der Waals surface area contributed by atoms with Gasteiger partial charge in [0.15, 0.2) is 0 Å². The third kappa shape index (κ3) is 5.01. The molecule has 0 spiro atoms. The average Bonchev–Trinajstić information content (AvgIpc) is 3.27. The Balaban J connectivity index is 1.47. The van der Waals surface area contributed by atoms with Gasteiger partial charge in [-0.1, -0.05) is 60.7 Å². The maximum absolute atomic E-state index is 12.6. The van der Waals surface area contributed by atoms with Crippen LogP contribution in [0.25, 0.3) is 10.9 Å². The van der Waals surface area contributed by atoms with Crippen molar-refractivity contribution < 1.29 is 9.53 Å². The van der Waals surface area contributed by atoms with Gasteiger partial charge in [-0.2, -0.15) is 0 Å². The lowest BCUT2D eigenvalue weighted by Crippen LogP contribution is -2.37. The minimum atomic E-state index is -0.0221. The van der Waals surface area contributed by atoms with Crippen LogP contribution in [0.15, 0.2) is 85.1 Å². The van der Waals surface area contributed by atoms with Crippen LogP contribution in [0, 0.1) is 0 Å². The lowest BCUT2D eigenvalue weighted by atomic mass is 9.90. The number of aromatic amines is 1. The van der Waals surface area contributed by atoms with Gasteiger partial charge in [-0.15, -0.1) is 0 Å². The van der Waals surface area contributed by atoms with E-state index in [1.807, 2.05) is 48.7 Å². The topological polar surface area (TPSA) is 66.2 Å². The number of rotatable bonds is 9. The number of ether oxygens (including phenoxy) is 1. The molecule has 0 saturated heterocycles. The number of hydrogen-bond donors (Lipinski definition) is 3. The Kier molecular flexibility index (Phi) is 6.87. The molecule has 1 aromatic heterocycles. The van der Waals surface area contributed by atoms with Crippen molar-refractivity contribution in [3.63, 3.8) is 0 Å². The van der Waals surface area contributed by atoms with Crippen molar-refractivity contribution in [2.75, 3.05) is 20.2 Å². The standard InChI is InChI=1S/C27H29N3O2/c1-19(20-8-4-3-5-9-20)28-18-27(31)30-16-24(21-12-14-22(32-2)15-13-21)25-17-29-26-11-7-6-10-23(25)26/h3-15,17,19,24,28-29H,16,18H2,1-2H3,(H,30,31)/t19-,24-/m0/s1. The van der Waals surface area contributed by atoms with Crippen LogP contribution < -0.4 is 15.4 Å². The Morgan fingerprint density at radius 2 is 1.66 bits per heavy atom. The number of methoxy groups -OCH3 is 1. The summed E-state index contributed by atoms with van der Waals surface area (Å²) in [6.45, 7) is 2.84. The van der Waals surface area contributed by atoms with E-state index in [-0.39, 0.29) is 24.4 Å². The van der Waals surface area contributed by atoms with Crippen molar-refractivity contribution in [2.45, 2.75) is 18.9 Å². The highest BCUT2D eigenvalue weighted by molar-refractivity contribution is 5.84. The molecule has 4 rings (SSSR count). The lowest BCUT2D eigenvalue weighted by molar-refractivity contribution is -0.120. The molecule has 2 atom stereocenters. The van der Waals surface area contributed by atoms with Gasteiger partial charge in [-0.25, -0.2) is 0 Å². The van der Waals surface area contributed by atoms with E-state index >= 15 is 0 Å². The molecule has 0 aliphatic rings. The van der Waals surface area contributed by atoms with Crippen LogP contribution >= 0.6 is 0 Å². The fourth-order valence-corrected chi connectivity index (χ4v) is 4.01. The van der Waals surface area contributed by atoms with Crippen LogP contribution in [-0.2, 0) is 4.79 Å². The second-order valence-electron chi connectivity index (χ2n) is 7.93. The second-order valence-corrected chi connectivity index (χ2v) is 7.93. The molecule has 0 unspecified atom stereocenters. The molecule has 4 aromatic rings. The van der Waals surface area contributed by atoms with Gasteiger partial charge in [0.2, 0.25) is 5.91 Å². The fraction of sp³-hybridized carbons (Fsp3) is 0.222. The zero-order chi connectivity index (χ0) is 22.3. The first kappa shape index (κ1) is 21.7. The second kappa shape index (κ2) is 10.2. The summed E-state index contributed by atoms with van der Waals surface area (Å²) in [6, 6.07) is 26.5. The zero-order valence-corrected chi connectivity index (χ0v) is 18.5. The first-order valence-electron chi connectivity index (χ1n) is 10.9. The van der Waals surface area contributed by atoms with Crippen LogP contribution in [0.3, 0.4) is 0 Å². The quantitative estimate of drug-likeness (QED) is 0.360. The molecule has 32 heavy (non-hydrogen) atoms. The fourth-order valence-electron chi connectivity index (χ4n) is 4.01. The monoisotopic (exact) mass is 427 g/mol. The van der Waals surface area contributed by atoms with E-state index in [1.54, 1.807) is 7.11 Å². The Labute approximate surface area is 188 Å². The summed E-state index contributed by atoms with van der Waals surface area (Å²) in [5.74, 6) is 0.813. The van der Waals surface area contributed by atoms with Crippen LogP contribution in [0.1, 0.15) is 35.6 Å². The highest BCUT2D eigenvalue weighted by Gasteiger charge is 2.19. The Hall–Kier alpha value is -3.57. The van der Waals surface area contributed by atoms with Gasteiger partial charge in [-0.3, -0.25) is 4.79 Å². The summed E-state index contributed by atoms with van der Waals surface area (Å²) in [4.78, 5) is 16.0. The van der Waals surface area contributed by atoms with Crippen molar-refractivity contribution >= 4 is 16.8 Å². The summed E-state index contributed by atoms with van der Waals surface area (Å²) >= 11 is 0. The molecule has 5 heteroatoms. The lowest BCUT2D eigenvalue weighted by Gasteiger charge is -2.19. The van der Waals surface area contributed by atoms with Gasteiger partial charge in [0, 0.05) is 35.6 Å². The minimum absolute atomic E-state index is 0.0209. The van der Waals surface area contributed by atoms with E-state index in [4.69, 9.17) is 4.74 Å². The van der Waals surface area contributed by atoms with Crippen LogP contribution in [0.2, 0.25) is 0 Å². The number of fused-ring (bicyclic) bond motifs is 1. The molecule has 0 saturated carbocycles. The summed E-state index contributed by atoms with van der Waals surface area (Å²) in [7, 11) is 1.66. The number of carbonyl (C=O) groups excluding carboxylic acids is 1. The molecule has 3 aromatic carbocycles. The van der Waals surface area contributed by atoms with E-state index < -0.39 is 0 Å². The largest absolute Gasteiger partial charge is 0.497 e. The third-order valence-corrected chi connectivity index (χ3v) is 5.89. The van der Waals surface area contributed by atoms with Crippen LogP contribution in [0.4, 0.5) is 0 Å². The molecule has 0 fully saturated rings. The molecule has 0 radical (unpaired) electrons. The molecule has 3 N–H and O–H groups in total. The Morgan fingerprint density at radius 3 is 2.41 bits per heavy atom. The number of nitrogens with one attached hydrogen (secondary N) is 3. The van der Waals surface area contributed by atoms with Crippen molar-refractivity contribution in [1.82, 2.24) is 15.6 Å². The molecular formula is C27H29N3O2. The molecular weight excluding hydrogens is 398 g/mol. The average molecular weight is 428 g/mol. The van der Waals surface area contributed by atoms with Crippen molar-refractivity contribution in [2.24, 2.45) is 0 Å². The summed E-state index contributed by atoms with van der Waals surface area (Å²) < 4.78 is 5.31. The minimum Gasteiger partial charge on any atom is -0.497 e. The van der Waals surface area contributed by atoms with Gasteiger partial charge in [0.1, 0.15) is 5.75 Å². The van der Waals surface area contributed by atoms with Crippen LogP contribution in [0.5, 0.6) is 5.75 Å².